The molecule has 0 radical (unpaired) electrons. The van der Waals surface area contributed by atoms with E-state index in [-0.39, 0.29) is 0 Å². The summed E-state index contributed by atoms with van der Waals surface area (Å²) in [5.74, 6) is -1.27. The predicted molar refractivity (Wildman–Crippen MR) is 60.7 cm³/mol. The third kappa shape index (κ3) is 3.74. The van der Waals surface area contributed by atoms with Gasteiger partial charge in [-0.1, -0.05) is 0 Å². The quantitative estimate of drug-likeness (QED) is 0.857. The van der Waals surface area contributed by atoms with Crippen LogP contribution in [0.4, 0.5) is 18.0 Å². The van der Waals surface area contributed by atoms with Crippen LogP contribution in [-0.4, -0.2) is 58.3 Å². The molecule has 1 saturated carbocycles. The van der Waals surface area contributed by atoms with Crippen LogP contribution in [0.1, 0.15) is 26.7 Å². The van der Waals surface area contributed by atoms with Crippen LogP contribution in [-0.2, 0) is 4.79 Å². The molecule has 19 heavy (non-hydrogen) atoms. The van der Waals surface area contributed by atoms with Gasteiger partial charge >= 0.3 is 18.2 Å². The van der Waals surface area contributed by atoms with Gasteiger partial charge in [-0.2, -0.15) is 13.2 Å². The van der Waals surface area contributed by atoms with Crippen LogP contribution in [0.3, 0.4) is 0 Å². The van der Waals surface area contributed by atoms with Crippen molar-refractivity contribution in [2.24, 2.45) is 0 Å². The topological polar surface area (TPSA) is 60.9 Å². The van der Waals surface area contributed by atoms with Gasteiger partial charge in [0.25, 0.3) is 0 Å². The number of urea groups is 1. The van der Waals surface area contributed by atoms with Crippen molar-refractivity contribution in [2.75, 3.05) is 13.6 Å². The highest BCUT2D eigenvalue weighted by Crippen LogP contribution is 2.31. The molecule has 2 amide bonds. The van der Waals surface area contributed by atoms with Gasteiger partial charge in [-0.3, -0.25) is 0 Å². The van der Waals surface area contributed by atoms with Crippen LogP contribution in [0, 0.1) is 0 Å². The Bertz CT molecular complexity index is 378. The van der Waals surface area contributed by atoms with Crippen molar-refractivity contribution in [1.82, 2.24) is 9.80 Å². The Kier molecular flexibility index (Phi) is 4.02. The van der Waals surface area contributed by atoms with Crippen molar-refractivity contribution in [3.8, 4) is 0 Å². The molecule has 0 aromatic heterocycles. The minimum Gasteiger partial charge on any atom is -0.480 e. The van der Waals surface area contributed by atoms with Gasteiger partial charge in [0.05, 0.1) is 0 Å². The summed E-state index contributed by atoms with van der Waals surface area (Å²) in [6.45, 7) is 1.19. The summed E-state index contributed by atoms with van der Waals surface area (Å²) < 4.78 is 37.3. The van der Waals surface area contributed by atoms with Crippen molar-refractivity contribution in [1.29, 1.82) is 0 Å². The monoisotopic (exact) mass is 282 g/mol. The molecule has 1 rings (SSSR count). The van der Waals surface area contributed by atoms with Crippen LogP contribution in [0.5, 0.6) is 0 Å². The molecule has 8 heteroatoms. The zero-order valence-electron chi connectivity index (χ0n) is 11.0. The molecular formula is C11H17F3N2O3. The van der Waals surface area contributed by atoms with Gasteiger partial charge in [-0.25, -0.2) is 9.59 Å². The fourth-order valence-corrected chi connectivity index (χ4v) is 1.51. The first-order chi connectivity index (χ1) is 8.47. The summed E-state index contributed by atoms with van der Waals surface area (Å²) >= 11 is 0. The number of carbonyl (C=O) groups excluding carboxylic acids is 1. The van der Waals surface area contributed by atoms with Gasteiger partial charge in [0.15, 0.2) is 0 Å². The molecule has 0 saturated heterocycles. The van der Waals surface area contributed by atoms with Gasteiger partial charge in [0.1, 0.15) is 12.1 Å². The highest BCUT2D eigenvalue weighted by atomic mass is 19.4. The van der Waals surface area contributed by atoms with Gasteiger partial charge in [-0.15, -0.1) is 0 Å². The molecule has 1 fully saturated rings. The first-order valence-corrected chi connectivity index (χ1v) is 5.81. The molecule has 1 aliphatic rings. The second-order valence-electron chi connectivity index (χ2n) is 5.18. The maximum Gasteiger partial charge on any atom is 0.406 e. The number of carbonyl (C=O) groups is 2. The SMILES string of the molecule is CN(C(=O)N(CC(F)(F)F)C1CC1)C(C)(C)C(=O)O. The summed E-state index contributed by atoms with van der Waals surface area (Å²) in [4.78, 5) is 24.6. The zero-order valence-corrected chi connectivity index (χ0v) is 11.0. The highest BCUT2D eigenvalue weighted by Gasteiger charge is 2.45. The minimum atomic E-state index is -4.49. The lowest BCUT2D eigenvalue weighted by Gasteiger charge is -2.36. The number of halogens is 3. The van der Waals surface area contributed by atoms with E-state index in [1.54, 1.807) is 0 Å². The minimum absolute atomic E-state index is 0.443. The van der Waals surface area contributed by atoms with E-state index in [1.165, 1.54) is 20.9 Å². The van der Waals surface area contributed by atoms with Crippen LogP contribution in [0.2, 0.25) is 0 Å². The number of hydrogen-bond acceptors (Lipinski definition) is 2. The Morgan fingerprint density at radius 2 is 1.74 bits per heavy atom. The molecule has 1 N–H and O–H groups in total. The number of alkyl halides is 3. The maximum atomic E-state index is 12.4. The summed E-state index contributed by atoms with van der Waals surface area (Å²) in [7, 11) is 1.20. The van der Waals surface area contributed by atoms with Crippen LogP contribution < -0.4 is 0 Å². The van der Waals surface area contributed by atoms with Gasteiger partial charge in [-0.05, 0) is 26.7 Å². The fraction of sp³-hybridized carbons (Fsp3) is 0.818. The molecule has 110 valence electrons. The van der Waals surface area contributed by atoms with Crippen molar-refractivity contribution in [3.05, 3.63) is 0 Å². The Morgan fingerprint density at radius 1 is 1.26 bits per heavy atom. The van der Waals surface area contributed by atoms with Gasteiger partial charge in [0.2, 0.25) is 0 Å². The molecule has 0 aromatic rings. The van der Waals surface area contributed by atoms with Gasteiger partial charge < -0.3 is 14.9 Å². The number of aliphatic carboxylic acids is 1. The van der Waals surface area contributed by atoms with Crippen LogP contribution >= 0.6 is 0 Å². The second-order valence-corrected chi connectivity index (χ2v) is 5.18. The predicted octanol–water partition coefficient (Wildman–Crippen LogP) is 1.93. The van der Waals surface area contributed by atoms with Crippen molar-refractivity contribution in [2.45, 2.75) is 44.4 Å². The van der Waals surface area contributed by atoms with E-state index < -0.39 is 36.3 Å². The molecule has 0 spiro atoms. The molecule has 0 unspecified atom stereocenters. The standard InChI is InChI=1S/C11H17F3N2O3/c1-10(2,8(17)18)15(3)9(19)16(7-4-5-7)6-11(12,13)14/h7H,4-6H2,1-3H3,(H,17,18). The largest absolute Gasteiger partial charge is 0.480 e. The lowest BCUT2D eigenvalue weighted by atomic mass is 10.0. The third-order valence-corrected chi connectivity index (χ3v) is 3.23. The van der Waals surface area contributed by atoms with E-state index >= 15 is 0 Å². The van der Waals surface area contributed by atoms with E-state index in [4.69, 9.17) is 5.11 Å². The fourth-order valence-electron chi connectivity index (χ4n) is 1.51. The summed E-state index contributed by atoms with van der Waals surface area (Å²) in [6.07, 6.45) is -3.46. The number of rotatable bonds is 4. The molecule has 0 bridgehead atoms. The Balaban J connectivity index is 2.85. The Labute approximate surface area is 109 Å². The zero-order chi connectivity index (χ0) is 15.0. The molecule has 0 atom stereocenters. The summed E-state index contributed by atoms with van der Waals surface area (Å²) in [5.41, 5.74) is -1.56. The number of nitrogens with zero attached hydrogens (tertiary/aromatic N) is 2. The summed E-state index contributed by atoms with van der Waals surface area (Å²) in [5, 5.41) is 8.99. The number of likely N-dealkylation sites (N-methyl/N-ethyl adjacent to an activating group) is 1. The van der Waals surface area contributed by atoms with Crippen molar-refractivity contribution >= 4 is 12.0 Å². The normalized spacial score (nSPS) is 16.1. The van der Waals surface area contributed by atoms with E-state index in [2.05, 4.69) is 0 Å². The second kappa shape index (κ2) is 4.90. The first kappa shape index (κ1) is 15.6. The summed E-state index contributed by atoms with van der Waals surface area (Å²) in [6, 6.07) is -1.35. The lowest BCUT2D eigenvalue weighted by Crippen LogP contribution is -2.56. The average Bonchev–Trinajstić information content (AvgIpc) is 3.06. The first-order valence-electron chi connectivity index (χ1n) is 5.81. The number of hydrogen-bond donors (Lipinski definition) is 1. The Hall–Kier alpha value is -1.47. The third-order valence-electron chi connectivity index (χ3n) is 3.23. The lowest BCUT2D eigenvalue weighted by molar-refractivity contribution is -0.149. The molecule has 1 aliphatic carbocycles. The maximum absolute atomic E-state index is 12.4. The smallest absolute Gasteiger partial charge is 0.406 e. The van der Waals surface area contributed by atoms with Gasteiger partial charge in [0, 0.05) is 13.1 Å². The molecule has 0 heterocycles. The molecular weight excluding hydrogens is 265 g/mol. The van der Waals surface area contributed by atoms with E-state index in [0.29, 0.717) is 17.7 Å². The molecule has 0 aliphatic heterocycles. The van der Waals surface area contributed by atoms with E-state index in [0.717, 1.165) is 4.90 Å². The van der Waals surface area contributed by atoms with Crippen molar-refractivity contribution < 1.29 is 27.9 Å². The van der Waals surface area contributed by atoms with Crippen molar-refractivity contribution in [3.63, 3.8) is 0 Å². The molecule has 5 nitrogen and oxygen atoms in total. The average molecular weight is 282 g/mol. The van der Waals surface area contributed by atoms with E-state index in [1.807, 2.05) is 0 Å². The Morgan fingerprint density at radius 3 is 2.05 bits per heavy atom. The molecule has 0 aromatic carbocycles. The van der Waals surface area contributed by atoms with E-state index in [9.17, 15) is 22.8 Å². The highest BCUT2D eigenvalue weighted by molar-refractivity contribution is 5.85. The number of carboxylic acids is 1. The van der Waals surface area contributed by atoms with Crippen LogP contribution in [0.15, 0.2) is 0 Å². The number of amides is 2. The number of carboxylic acid groups (broad SMARTS) is 1. The van der Waals surface area contributed by atoms with Crippen LogP contribution in [0.25, 0.3) is 0 Å².